The number of hydrogen-bond donors (Lipinski definition) is 0. The second kappa shape index (κ2) is 2.85. The lowest BCUT2D eigenvalue weighted by molar-refractivity contribution is 0.322. The Morgan fingerprint density at radius 1 is 1.38 bits per heavy atom. The van der Waals surface area contributed by atoms with E-state index in [1.54, 1.807) is 0 Å². The maximum absolute atomic E-state index is 5.39. The second-order valence-corrected chi connectivity index (χ2v) is 4.35. The Bertz CT molecular complexity index is 324. The van der Waals surface area contributed by atoms with Crippen LogP contribution < -0.4 is 0 Å². The van der Waals surface area contributed by atoms with Gasteiger partial charge in [-0.15, -0.1) is 0 Å². The summed E-state index contributed by atoms with van der Waals surface area (Å²) in [4.78, 5) is 0. The molecule has 1 fully saturated rings. The van der Waals surface area contributed by atoms with E-state index in [4.69, 9.17) is 4.74 Å². The van der Waals surface area contributed by atoms with E-state index in [-0.39, 0.29) is 5.60 Å². The SMILES string of the molecule is Cc1ccc(C)c(CC2(C)CO2)c1. The lowest BCUT2D eigenvalue weighted by atomic mass is 9.96. The number of hydrogen-bond acceptors (Lipinski definition) is 1. The molecular formula is C12H16O. The van der Waals surface area contributed by atoms with Gasteiger partial charge in [0, 0.05) is 6.42 Å². The van der Waals surface area contributed by atoms with Crippen molar-refractivity contribution in [3.05, 3.63) is 34.9 Å². The third-order valence-electron chi connectivity index (χ3n) is 2.71. The Kier molecular flexibility index (Phi) is 1.92. The van der Waals surface area contributed by atoms with E-state index in [9.17, 15) is 0 Å². The Morgan fingerprint density at radius 3 is 2.69 bits per heavy atom. The molecule has 1 heteroatoms. The van der Waals surface area contributed by atoms with Gasteiger partial charge in [-0.25, -0.2) is 0 Å². The zero-order valence-electron chi connectivity index (χ0n) is 8.55. The Labute approximate surface area is 79.7 Å². The topological polar surface area (TPSA) is 12.5 Å². The number of ether oxygens (including phenoxy) is 1. The van der Waals surface area contributed by atoms with Crippen LogP contribution in [0, 0.1) is 13.8 Å². The lowest BCUT2D eigenvalue weighted by Gasteiger charge is -2.09. The molecule has 0 N–H and O–H groups in total. The van der Waals surface area contributed by atoms with Gasteiger partial charge < -0.3 is 4.74 Å². The highest BCUT2D eigenvalue weighted by Gasteiger charge is 2.39. The van der Waals surface area contributed by atoms with Crippen molar-refractivity contribution in [2.75, 3.05) is 6.61 Å². The molecule has 1 nitrogen and oxygen atoms in total. The molecule has 1 aromatic carbocycles. The fourth-order valence-corrected chi connectivity index (χ4v) is 1.62. The molecule has 0 radical (unpaired) electrons. The predicted octanol–water partition coefficient (Wildman–Crippen LogP) is 2.63. The first kappa shape index (κ1) is 8.76. The van der Waals surface area contributed by atoms with Crippen molar-refractivity contribution in [3.63, 3.8) is 0 Å². The normalized spacial score (nSPS) is 26.1. The van der Waals surface area contributed by atoms with Crippen molar-refractivity contribution in [1.82, 2.24) is 0 Å². The number of epoxide rings is 1. The molecule has 1 aromatic rings. The second-order valence-electron chi connectivity index (χ2n) is 4.35. The molecule has 1 aliphatic heterocycles. The minimum Gasteiger partial charge on any atom is -0.370 e. The van der Waals surface area contributed by atoms with Crippen LogP contribution in [-0.4, -0.2) is 12.2 Å². The van der Waals surface area contributed by atoms with Gasteiger partial charge >= 0.3 is 0 Å². The molecular weight excluding hydrogens is 160 g/mol. The van der Waals surface area contributed by atoms with Crippen molar-refractivity contribution in [3.8, 4) is 0 Å². The van der Waals surface area contributed by atoms with Gasteiger partial charge in [-0.2, -0.15) is 0 Å². The van der Waals surface area contributed by atoms with Crippen LogP contribution in [0.4, 0.5) is 0 Å². The molecule has 70 valence electrons. The fourth-order valence-electron chi connectivity index (χ4n) is 1.62. The summed E-state index contributed by atoms with van der Waals surface area (Å²) in [5, 5.41) is 0. The van der Waals surface area contributed by atoms with E-state index in [2.05, 4.69) is 39.0 Å². The molecule has 1 heterocycles. The molecule has 1 unspecified atom stereocenters. The quantitative estimate of drug-likeness (QED) is 0.631. The highest BCUT2D eigenvalue weighted by molar-refractivity contribution is 5.32. The maximum atomic E-state index is 5.39. The summed E-state index contributed by atoms with van der Waals surface area (Å²) in [5.41, 5.74) is 4.28. The van der Waals surface area contributed by atoms with Gasteiger partial charge in [0.2, 0.25) is 0 Å². The minimum absolute atomic E-state index is 0.137. The summed E-state index contributed by atoms with van der Waals surface area (Å²) >= 11 is 0. The molecule has 0 amide bonds. The first-order valence-corrected chi connectivity index (χ1v) is 4.79. The van der Waals surface area contributed by atoms with E-state index < -0.39 is 0 Å². The molecule has 2 rings (SSSR count). The highest BCUT2D eigenvalue weighted by atomic mass is 16.6. The van der Waals surface area contributed by atoms with Crippen molar-refractivity contribution in [2.45, 2.75) is 32.8 Å². The molecule has 0 aliphatic carbocycles. The van der Waals surface area contributed by atoms with Gasteiger partial charge in [0.05, 0.1) is 12.2 Å². The van der Waals surface area contributed by atoms with Crippen molar-refractivity contribution in [1.29, 1.82) is 0 Å². The zero-order chi connectivity index (χ0) is 9.47. The largest absolute Gasteiger partial charge is 0.370 e. The summed E-state index contributed by atoms with van der Waals surface area (Å²) < 4.78 is 5.39. The summed E-state index contributed by atoms with van der Waals surface area (Å²) in [5.74, 6) is 0. The first-order valence-electron chi connectivity index (χ1n) is 4.79. The maximum Gasteiger partial charge on any atom is 0.0928 e. The average molecular weight is 176 g/mol. The standard InChI is InChI=1S/C12H16O/c1-9-4-5-10(2)11(6-9)7-12(3)8-13-12/h4-6H,7-8H2,1-3H3. The van der Waals surface area contributed by atoms with Crippen molar-refractivity contribution in [2.24, 2.45) is 0 Å². The van der Waals surface area contributed by atoms with Crippen LogP contribution in [0.15, 0.2) is 18.2 Å². The average Bonchev–Trinajstić information content (AvgIpc) is 2.76. The number of rotatable bonds is 2. The summed E-state index contributed by atoms with van der Waals surface area (Å²) in [7, 11) is 0. The van der Waals surface area contributed by atoms with Crippen LogP contribution in [-0.2, 0) is 11.2 Å². The highest BCUT2D eigenvalue weighted by Crippen LogP contribution is 2.31. The smallest absolute Gasteiger partial charge is 0.0928 e. The molecule has 0 spiro atoms. The van der Waals surface area contributed by atoms with E-state index >= 15 is 0 Å². The molecule has 1 saturated heterocycles. The Morgan fingerprint density at radius 2 is 2.08 bits per heavy atom. The van der Waals surface area contributed by atoms with Gasteiger partial charge in [-0.1, -0.05) is 23.8 Å². The van der Waals surface area contributed by atoms with Crippen LogP contribution in [0.5, 0.6) is 0 Å². The van der Waals surface area contributed by atoms with Crippen LogP contribution >= 0.6 is 0 Å². The summed E-state index contributed by atoms with van der Waals surface area (Å²) in [6.45, 7) is 7.40. The van der Waals surface area contributed by atoms with Gasteiger partial charge in [0.25, 0.3) is 0 Å². The van der Waals surface area contributed by atoms with E-state index in [0.29, 0.717) is 0 Å². The molecule has 0 aromatic heterocycles. The van der Waals surface area contributed by atoms with Gasteiger partial charge in [-0.3, -0.25) is 0 Å². The summed E-state index contributed by atoms with van der Waals surface area (Å²) in [6.07, 6.45) is 1.06. The van der Waals surface area contributed by atoms with E-state index in [1.165, 1.54) is 16.7 Å². The Hall–Kier alpha value is -0.820. The molecule has 0 bridgehead atoms. The van der Waals surface area contributed by atoms with Crippen LogP contribution in [0.3, 0.4) is 0 Å². The fraction of sp³-hybridized carbons (Fsp3) is 0.500. The first-order chi connectivity index (χ1) is 6.09. The number of aryl methyl sites for hydroxylation is 2. The van der Waals surface area contributed by atoms with E-state index in [0.717, 1.165) is 13.0 Å². The monoisotopic (exact) mass is 176 g/mol. The lowest BCUT2D eigenvalue weighted by Crippen LogP contribution is -2.09. The van der Waals surface area contributed by atoms with Crippen molar-refractivity contribution >= 4 is 0 Å². The van der Waals surface area contributed by atoms with Gasteiger partial charge in [0.1, 0.15) is 0 Å². The summed E-state index contributed by atoms with van der Waals surface area (Å²) in [6, 6.07) is 6.62. The van der Waals surface area contributed by atoms with Gasteiger partial charge in [-0.05, 0) is 31.9 Å². The molecule has 0 saturated carbocycles. The third kappa shape index (κ3) is 1.92. The van der Waals surface area contributed by atoms with Gasteiger partial charge in [0.15, 0.2) is 0 Å². The minimum atomic E-state index is 0.137. The number of benzene rings is 1. The van der Waals surface area contributed by atoms with Crippen LogP contribution in [0.25, 0.3) is 0 Å². The van der Waals surface area contributed by atoms with Crippen LogP contribution in [0.2, 0.25) is 0 Å². The zero-order valence-corrected chi connectivity index (χ0v) is 8.55. The molecule has 1 atom stereocenters. The predicted molar refractivity (Wildman–Crippen MR) is 54.0 cm³/mol. The molecule has 13 heavy (non-hydrogen) atoms. The third-order valence-corrected chi connectivity index (χ3v) is 2.71. The van der Waals surface area contributed by atoms with Crippen molar-refractivity contribution < 1.29 is 4.74 Å². The van der Waals surface area contributed by atoms with Crippen LogP contribution in [0.1, 0.15) is 23.6 Å². The Balaban J connectivity index is 2.23. The van der Waals surface area contributed by atoms with E-state index in [1.807, 2.05) is 0 Å². The molecule has 1 aliphatic rings.